The predicted molar refractivity (Wildman–Crippen MR) is 48.6 cm³/mol. The van der Waals surface area contributed by atoms with Crippen molar-refractivity contribution in [3.05, 3.63) is 22.7 Å². The fourth-order valence-corrected chi connectivity index (χ4v) is 2.27. The maximum absolute atomic E-state index is 10.7. The van der Waals surface area contributed by atoms with E-state index in [1.807, 2.05) is 0 Å². The summed E-state index contributed by atoms with van der Waals surface area (Å²) in [7, 11) is -4.55. The molecule has 1 rings (SSSR count). The minimum Gasteiger partial charge on any atom is -0.744 e. The van der Waals surface area contributed by atoms with Gasteiger partial charge in [-0.15, -0.1) is 0 Å². The summed E-state index contributed by atoms with van der Waals surface area (Å²) >= 11 is 5.55. The molecule has 0 aliphatic carbocycles. The standard InChI is InChI=1S/C7H8ClNO3S.K/c1-4-6(9)3-2-5(8)7(4)13(10,11)12;/h2-3H,9H2,1H3,(H,10,11,12);/q;+1/p-1. The summed E-state index contributed by atoms with van der Waals surface area (Å²) < 4.78 is 32.2. The molecule has 0 fully saturated rings. The average molecular weight is 260 g/mol. The van der Waals surface area contributed by atoms with Crippen LogP contribution in [0, 0.1) is 6.92 Å². The van der Waals surface area contributed by atoms with Crippen molar-refractivity contribution < 1.29 is 64.4 Å². The Labute approximate surface area is 130 Å². The van der Waals surface area contributed by atoms with Crippen LogP contribution in [0.4, 0.5) is 5.69 Å². The summed E-state index contributed by atoms with van der Waals surface area (Å²) in [5.74, 6) is 0. The maximum Gasteiger partial charge on any atom is 1.00 e. The third-order valence-electron chi connectivity index (χ3n) is 1.65. The van der Waals surface area contributed by atoms with E-state index in [0.29, 0.717) is 0 Å². The average Bonchev–Trinajstić information content (AvgIpc) is 1.95. The Morgan fingerprint density at radius 1 is 1.43 bits per heavy atom. The molecule has 0 radical (unpaired) electrons. The number of nitrogens with two attached hydrogens (primary N) is 1. The van der Waals surface area contributed by atoms with Crippen molar-refractivity contribution in [2.45, 2.75) is 11.8 Å². The molecule has 0 aliphatic heterocycles. The zero-order valence-electron chi connectivity index (χ0n) is 7.74. The van der Waals surface area contributed by atoms with E-state index in [1.165, 1.54) is 19.1 Å². The minimum atomic E-state index is -4.55. The van der Waals surface area contributed by atoms with Gasteiger partial charge in [0.25, 0.3) is 0 Å². The van der Waals surface area contributed by atoms with Crippen molar-refractivity contribution in [1.29, 1.82) is 0 Å². The molecule has 14 heavy (non-hydrogen) atoms. The van der Waals surface area contributed by atoms with Crippen LogP contribution in [0.1, 0.15) is 5.56 Å². The summed E-state index contributed by atoms with van der Waals surface area (Å²) in [6.45, 7) is 1.44. The topological polar surface area (TPSA) is 83.2 Å². The van der Waals surface area contributed by atoms with Crippen LogP contribution >= 0.6 is 11.6 Å². The van der Waals surface area contributed by atoms with Gasteiger partial charge in [0.15, 0.2) is 0 Å². The van der Waals surface area contributed by atoms with Gasteiger partial charge in [-0.2, -0.15) is 0 Å². The fraction of sp³-hybridized carbons (Fsp3) is 0.143. The molecule has 2 N–H and O–H groups in total. The van der Waals surface area contributed by atoms with Crippen molar-refractivity contribution in [2.75, 3.05) is 5.73 Å². The molecule has 0 atom stereocenters. The van der Waals surface area contributed by atoms with Gasteiger partial charge in [0.05, 0.1) is 9.92 Å². The van der Waals surface area contributed by atoms with Crippen LogP contribution < -0.4 is 57.1 Å². The second-order valence-corrected chi connectivity index (χ2v) is 4.27. The molecule has 0 saturated heterocycles. The first-order valence-electron chi connectivity index (χ1n) is 3.34. The van der Waals surface area contributed by atoms with Gasteiger partial charge in [-0.25, -0.2) is 8.42 Å². The van der Waals surface area contributed by atoms with Crippen molar-refractivity contribution >= 4 is 27.4 Å². The van der Waals surface area contributed by atoms with E-state index in [0.717, 1.165) is 0 Å². The molecule has 0 aromatic heterocycles. The number of rotatable bonds is 1. The Kier molecular flexibility index (Phi) is 5.59. The Morgan fingerprint density at radius 2 is 1.93 bits per heavy atom. The number of benzene rings is 1. The number of anilines is 1. The molecule has 0 spiro atoms. The molecule has 4 nitrogen and oxygen atoms in total. The second kappa shape index (κ2) is 5.27. The van der Waals surface area contributed by atoms with Gasteiger partial charge in [-0.3, -0.25) is 0 Å². The van der Waals surface area contributed by atoms with E-state index in [4.69, 9.17) is 17.3 Å². The van der Waals surface area contributed by atoms with Gasteiger partial charge >= 0.3 is 51.4 Å². The van der Waals surface area contributed by atoms with Gasteiger partial charge in [0.2, 0.25) is 0 Å². The normalized spacial score (nSPS) is 10.8. The van der Waals surface area contributed by atoms with E-state index in [9.17, 15) is 13.0 Å². The molecule has 72 valence electrons. The SMILES string of the molecule is Cc1c(N)ccc(Cl)c1S(=O)(=O)[O-].[K+]. The molecule has 0 aliphatic rings. The van der Waals surface area contributed by atoms with Crippen LogP contribution in [0.2, 0.25) is 5.02 Å². The molecular formula is C7H7ClKNO3S. The van der Waals surface area contributed by atoms with Crippen molar-refractivity contribution in [2.24, 2.45) is 0 Å². The molecule has 0 saturated carbocycles. The van der Waals surface area contributed by atoms with E-state index in [1.54, 1.807) is 0 Å². The largest absolute Gasteiger partial charge is 1.00 e. The second-order valence-electron chi connectivity index (χ2n) is 2.54. The summed E-state index contributed by atoms with van der Waals surface area (Å²) in [5.41, 5.74) is 5.86. The van der Waals surface area contributed by atoms with Crippen LogP contribution in [0.3, 0.4) is 0 Å². The Hall–Kier alpha value is 0.856. The van der Waals surface area contributed by atoms with Gasteiger partial charge in [-0.1, -0.05) is 11.6 Å². The quantitative estimate of drug-likeness (QED) is 0.364. The van der Waals surface area contributed by atoms with Crippen LogP contribution in [0.15, 0.2) is 17.0 Å². The minimum absolute atomic E-state index is 0. The van der Waals surface area contributed by atoms with Crippen molar-refractivity contribution in [3.63, 3.8) is 0 Å². The molecule has 1 aromatic carbocycles. The molecule has 1 aromatic rings. The Morgan fingerprint density at radius 3 is 2.29 bits per heavy atom. The van der Waals surface area contributed by atoms with Crippen LogP contribution in [-0.2, 0) is 10.1 Å². The number of hydrogen-bond donors (Lipinski definition) is 1. The maximum atomic E-state index is 10.7. The zero-order valence-corrected chi connectivity index (χ0v) is 12.4. The molecule has 0 amide bonds. The summed E-state index contributed by atoms with van der Waals surface area (Å²) in [4.78, 5) is -0.436. The molecular weight excluding hydrogens is 253 g/mol. The molecule has 0 unspecified atom stereocenters. The summed E-state index contributed by atoms with van der Waals surface area (Å²) in [5, 5.41) is -0.0956. The molecule has 0 bridgehead atoms. The van der Waals surface area contributed by atoms with E-state index < -0.39 is 15.0 Å². The van der Waals surface area contributed by atoms with Gasteiger partial charge < -0.3 is 10.3 Å². The number of halogens is 1. The first-order valence-corrected chi connectivity index (χ1v) is 5.13. The van der Waals surface area contributed by atoms with Crippen LogP contribution in [0.25, 0.3) is 0 Å². The molecule has 7 heteroatoms. The van der Waals surface area contributed by atoms with Crippen LogP contribution in [0.5, 0.6) is 0 Å². The number of hydrogen-bond acceptors (Lipinski definition) is 4. The Balaban J connectivity index is 0.00000169. The monoisotopic (exact) mass is 259 g/mol. The van der Waals surface area contributed by atoms with E-state index >= 15 is 0 Å². The smallest absolute Gasteiger partial charge is 0.744 e. The third kappa shape index (κ3) is 3.18. The summed E-state index contributed by atoms with van der Waals surface area (Å²) in [6, 6.07) is 2.74. The number of nitrogen functional groups attached to an aromatic ring is 1. The first-order chi connectivity index (χ1) is 5.84. The first kappa shape index (κ1) is 14.9. The van der Waals surface area contributed by atoms with Gasteiger partial charge in [0.1, 0.15) is 10.1 Å². The fourth-order valence-electron chi connectivity index (χ4n) is 0.981. The predicted octanol–water partition coefficient (Wildman–Crippen LogP) is -1.86. The molecule has 0 heterocycles. The van der Waals surface area contributed by atoms with E-state index in [-0.39, 0.29) is 67.7 Å². The van der Waals surface area contributed by atoms with Crippen molar-refractivity contribution in [3.8, 4) is 0 Å². The third-order valence-corrected chi connectivity index (χ3v) is 3.10. The zero-order chi connectivity index (χ0) is 10.2. The van der Waals surface area contributed by atoms with Crippen LogP contribution in [-0.4, -0.2) is 13.0 Å². The Bertz CT molecular complexity index is 446. The van der Waals surface area contributed by atoms with E-state index in [2.05, 4.69) is 0 Å². The van der Waals surface area contributed by atoms with Gasteiger partial charge in [0, 0.05) is 5.69 Å². The van der Waals surface area contributed by atoms with Gasteiger partial charge in [-0.05, 0) is 24.6 Å². The summed E-state index contributed by atoms with van der Waals surface area (Å²) in [6.07, 6.45) is 0. The van der Waals surface area contributed by atoms with Crippen molar-refractivity contribution in [1.82, 2.24) is 0 Å².